The quantitative estimate of drug-likeness (QED) is 0.507. The van der Waals surface area contributed by atoms with Crippen LogP contribution in [0.5, 0.6) is 0 Å². The maximum atomic E-state index is 12.5. The maximum Gasteiger partial charge on any atom is 0.410 e. The van der Waals surface area contributed by atoms with E-state index in [1.54, 1.807) is 0 Å². The Hall–Kier alpha value is -2.56. The van der Waals surface area contributed by atoms with Crippen LogP contribution < -0.4 is 4.90 Å². The summed E-state index contributed by atoms with van der Waals surface area (Å²) in [6.07, 6.45) is 3.09. The van der Waals surface area contributed by atoms with Crippen molar-refractivity contribution >= 4 is 11.9 Å². The van der Waals surface area contributed by atoms with Crippen LogP contribution in [0.3, 0.4) is 0 Å². The van der Waals surface area contributed by atoms with E-state index in [-0.39, 0.29) is 16.9 Å². The van der Waals surface area contributed by atoms with E-state index in [1.807, 2.05) is 25.7 Å². The van der Waals surface area contributed by atoms with Gasteiger partial charge in [-0.2, -0.15) is 0 Å². The number of hydrogen-bond acceptors (Lipinski definition) is 4. The van der Waals surface area contributed by atoms with Gasteiger partial charge in [0.15, 0.2) is 0 Å². The van der Waals surface area contributed by atoms with Crippen molar-refractivity contribution in [1.29, 1.82) is 0 Å². The number of rotatable bonds is 2. The lowest BCUT2D eigenvalue weighted by atomic mass is 9.63. The van der Waals surface area contributed by atoms with Gasteiger partial charge in [0.2, 0.25) is 0 Å². The second-order valence-electron chi connectivity index (χ2n) is 12.2. The number of nitrogens with zero attached hydrogens (tertiary/aromatic N) is 3. The summed E-state index contributed by atoms with van der Waals surface area (Å²) in [5.74, 6) is 0.973. The lowest BCUT2D eigenvalue weighted by molar-refractivity contribution is 0.0263. The van der Waals surface area contributed by atoms with Gasteiger partial charge in [-0.3, -0.25) is 0 Å². The lowest BCUT2D eigenvalue weighted by Crippen LogP contribution is -2.39. The molecule has 4 rings (SSSR count). The van der Waals surface area contributed by atoms with Crippen LogP contribution in [-0.2, 0) is 15.6 Å². The minimum absolute atomic E-state index is 0.175. The molecule has 34 heavy (non-hydrogen) atoms. The molecule has 0 spiro atoms. The molecule has 5 heteroatoms. The first-order chi connectivity index (χ1) is 15.9. The Bertz CT molecular complexity index is 1050. The molecular formula is C29H41N3O2. The summed E-state index contributed by atoms with van der Waals surface area (Å²) >= 11 is 0. The van der Waals surface area contributed by atoms with Crippen molar-refractivity contribution in [2.75, 3.05) is 31.1 Å². The summed E-state index contributed by atoms with van der Waals surface area (Å²) in [4.78, 5) is 21.7. The zero-order valence-corrected chi connectivity index (χ0v) is 22.1. The fourth-order valence-corrected chi connectivity index (χ4v) is 5.16. The van der Waals surface area contributed by atoms with Crippen molar-refractivity contribution in [2.24, 2.45) is 0 Å². The Labute approximate surface area is 205 Å². The highest BCUT2D eigenvalue weighted by atomic mass is 16.6. The highest BCUT2D eigenvalue weighted by molar-refractivity contribution is 5.68. The smallest absolute Gasteiger partial charge is 0.410 e. The van der Waals surface area contributed by atoms with Crippen molar-refractivity contribution in [2.45, 2.75) is 84.2 Å². The first-order valence-electron chi connectivity index (χ1n) is 12.7. The number of ether oxygens (including phenoxy) is 1. The second-order valence-corrected chi connectivity index (χ2v) is 12.2. The minimum atomic E-state index is -0.475. The predicted molar refractivity (Wildman–Crippen MR) is 140 cm³/mol. The van der Waals surface area contributed by atoms with E-state index >= 15 is 0 Å². The van der Waals surface area contributed by atoms with E-state index in [9.17, 15) is 4.79 Å². The topological polar surface area (TPSA) is 45.7 Å². The summed E-state index contributed by atoms with van der Waals surface area (Å²) in [7, 11) is 0. The van der Waals surface area contributed by atoms with E-state index < -0.39 is 5.60 Å². The van der Waals surface area contributed by atoms with Gasteiger partial charge in [-0.1, -0.05) is 45.9 Å². The number of carbonyl (C=O) groups excluding carboxylic acids is 1. The Balaban J connectivity index is 1.55. The summed E-state index contributed by atoms with van der Waals surface area (Å²) < 4.78 is 5.58. The van der Waals surface area contributed by atoms with E-state index in [1.165, 1.54) is 29.5 Å². The fourth-order valence-electron chi connectivity index (χ4n) is 5.16. The molecule has 184 valence electrons. The molecule has 1 aliphatic heterocycles. The van der Waals surface area contributed by atoms with Gasteiger partial charge in [-0.25, -0.2) is 9.78 Å². The average Bonchev–Trinajstić information content (AvgIpc) is 3.02. The van der Waals surface area contributed by atoms with Crippen LogP contribution in [0.25, 0.3) is 11.3 Å². The van der Waals surface area contributed by atoms with Crippen LogP contribution in [0.1, 0.15) is 78.9 Å². The van der Waals surface area contributed by atoms with Gasteiger partial charge in [0, 0.05) is 31.7 Å². The molecule has 1 saturated heterocycles. The number of pyridine rings is 1. The largest absolute Gasteiger partial charge is 0.444 e. The summed E-state index contributed by atoms with van der Waals surface area (Å²) in [6.45, 7) is 18.2. The number of aromatic nitrogens is 1. The third-order valence-electron chi connectivity index (χ3n) is 7.35. The van der Waals surface area contributed by atoms with Gasteiger partial charge in [-0.05, 0) is 80.2 Å². The number of benzene rings is 1. The van der Waals surface area contributed by atoms with Crippen molar-refractivity contribution in [1.82, 2.24) is 9.88 Å². The van der Waals surface area contributed by atoms with Gasteiger partial charge in [0.05, 0.1) is 5.69 Å². The van der Waals surface area contributed by atoms with Crippen molar-refractivity contribution in [3.05, 3.63) is 47.5 Å². The highest BCUT2D eigenvalue weighted by Crippen LogP contribution is 2.46. The molecule has 5 nitrogen and oxygen atoms in total. The molecule has 1 amide bonds. The van der Waals surface area contributed by atoms with Gasteiger partial charge < -0.3 is 14.5 Å². The molecule has 2 aromatic rings. The van der Waals surface area contributed by atoms with Crippen LogP contribution in [0.15, 0.2) is 36.4 Å². The summed E-state index contributed by atoms with van der Waals surface area (Å²) in [5, 5.41) is 0. The van der Waals surface area contributed by atoms with Crippen LogP contribution in [0, 0.1) is 0 Å². The molecule has 2 heterocycles. The minimum Gasteiger partial charge on any atom is -0.444 e. The first kappa shape index (κ1) is 24.6. The van der Waals surface area contributed by atoms with Gasteiger partial charge in [0.1, 0.15) is 11.4 Å². The Morgan fingerprint density at radius 3 is 2.32 bits per heavy atom. The summed E-state index contributed by atoms with van der Waals surface area (Å²) in [5.41, 5.74) is 5.02. The fraction of sp³-hybridized carbons (Fsp3) is 0.586. The molecule has 2 aliphatic rings. The highest BCUT2D eigenvalue weighted by Gasteiger charge is 2.37. The number of hydrogen-bond donors (Lipinski definition) is 0. The van der Waals surface area contributed by atoms with Gasteiger partial charge in [0.25, 0.3) is 0 Å². The molecule has 0 saturated carbocycles. The van der Waals surface area contributed by atoms with E-state index in [2.05, 4.69) is 69.0 Å². The Kier molecular flexibility index (Phi) is 6.43. The molecule has 0 atom stereocenters. The number of fused-ring (bicyclic) bond motifs is 1. The Morgan fingerprint density at radius 1 is 0.912 bits per heavy atom. The van der Waals surface area contributed by atoms with Crippen molar-refractivity contribution in [3.8, 4) is 11.3 Å². The molecule has 0 bridgehead atoms. The number of anilines is 1. The van der Waals surface area contributed by atoms with Crippen LogP contribution in [0.4, 0.5) is 10.6 Å². The van der Waals surface area contributed by atoms with Crippen LogP contribution in [-0.4, -0.2) is 47.8 Å². The van der Waals surface area contributed by atoms with E-state index in [4.69, 9.17) is 9.72 Å². The van der Waals surface area contributed by atoms with Crippen LogP contribution in [0.2, 0.25) is 0 Å². The zero-order valence-electron chi connectivity index (χ0n) is 22.1. The first-order valence-corrected chi connectivity index (χ1v) is 12.7. The van der Waals surface area contributed by atoms with E-state index in [0.717, 1.165) is 31.0 Å². The van der Waals surface area contributed by atoms with Gasteiger partial charge >= 0.3 is 6.09 Å². The third-order valence-corrected chi connectivity index (χ3v) is 7.35. The molecule has 0 N–H and O–H groups in total. The van der Waals surface area contributed by atoms with Crippen molar-refractivity contribution < 1.29 is 9.53 Å². The molecule has 1 aromatic carbocycles. The molecule has 1 aromatic heterocycles. The molecule has 1 aliphatic carbocycles. The number of amides is 1. The molecule has 0 radical (unpaired) electrons. The molecule has 0 unspecified atom stereocenters. The monoisotopic (exact) mass is 463 g/mol. The number of carbonyl (C=O) groups is 1. The van der Waals surface area contributed by atoms with Crippen LogP contribution >= 0.6 is 0 Å². The molecule has 1 fully saturated rings. The Morgan fingerprint density at radius 2 is 1.62 bits per heavy atom. The van der Waals surface area contributed by atoms with Crippen molar-refractivity contribution in [3.63, 3.8) is 0 Å². The molecular weight excluding hydrogens is 422 g/mol. The summed E-state index contributed by atoms with van der Waals surface area (Å²) in [6, 6.07) is 13.2. The van der Waals surface area contributed by atoms with Gasteiger partial charge in [-0.15, -0.1) is 0 Å². The SMILES string of the molecule is CC(C)(C)OC(=O)N1CCCN(c2cccc(-c3ccc4c(c3)C(C)(C)CCC4(C)C)n2)CC1. The second kappa shape index (κ2) is 8.90. The maximum absolute atomic E-state index is 12.5. The lowest BCUT2D eigenvalue weighted by Gasteiger charge is -2.42. The third kappa shape index (κ3) is 5.24. The average molecular weight is 464 g/mol. The normalized spacial score (nSPS) is 19.9. The predicted octanol–water partition coefficient (Wildman–Crippen LogP) is 6.54. The zero-order chi connectivity index (χ0) is 24.7. The standard InChI is InChI=1S/C29H41N3O2/c1-27(2,3)34-26(33)32-17-9-16-31(18-19-32)25-11-8-10-24(30-25)21-12-13-22-23(20-21)29(6,7)15-14-28(22,4)5/h8,10-13,20H,9,14-19H2,1-7H3. The van der Waals surface area contributed by atoms with E-state index in [0.29, 0.717) is 13.1 Å².